The van der Waals surface area contributed by atoms with E-state index in [1.807, 2.05) is 30.0 Å². The van der Waals surface area contributed by atoms with Gasteiger partial charge in [0.15, 0.2) is 5.11 Å². The Bertz CT molecular complexity index is 538. The molecule has 0 fully saturated rings. The summed E-state index contributed by atoms with van der Waals surface area (Å²) < 4.78 is 0. The van der Waals surface area contributed by atoms with Crippen LogP contribution < -0.4 is 10.6 Å². The molecule has 0 saturated heterocycles. The van der Waals surface area contributed by atoms with E-state index in [2.05, 4.69) is 54.0 Å². The second kappa shape index (κ2) is 7.92. The highest BCUT2D eigenvalue weighted by Crippen LogP contribution is 2.15. The molecule has 0 aliphatic heterocycles. The highest BCUT2D eigenvalue weighted by Gasteiger charge is 1.97. The van der Waals surface area contributed by atoms with Crippen molar-refractivity contribution in [3.05, 3.63) is 60.2 Å². The number of hydrogen-bond acceptors (Lipinski definition) is 2. The topological polar surface area (TPSA) is 24.1 Å². The Kier molecular flexibility index (Phi) is 5.89. The van der Waals surface area contributed by atoms with Gasteiger partial charge >= 0.3 is 0 Å². The number of rotatable bonds is 5. The summed E-state index contributed by atoms with van der Waals surface area (Å²) in [4.78, 5) is 1.28. The maximum Gasteiger partial charge on any atom is 0.170 e. The van der Waals surface area contributed by atoms with Gasteiger partial charge in [-0.05, 0) is 43.4 Å². The number of thiocarbonyl (C=S) groups is 1. The first-order valence-corrected chi connectivity index (χ1v) is 7.93. The molecule has 2 N–H and O–H groups in total. The Hall–Kier alpha value is -1.52. The maximum absolute atomic E-state index is 5.27. The lowest BCUT2D eigenvalue weighted by molar-refractivity contribution is 0.990. The molecule has 0 aliphatic carbocycles. The first kappa shape index (κ1) is 14.9. The van der Waals surface area contributed by atoms with Crippen LogP contribution in [-0.2, 0) is 0 Å². The van der Waals surface area contributed by atoms with Crippen LogP contribution in [0.5, 0.6) is 0 Å². The van der Waals surface area contributed by atoms with Crippen LogP contribution in [0.3, 0.4) is 0 Å². The molecule has 0 radical (unpaired) electrons. The Morgan fingerprint density at radius 3 is 2.45 bits per heavy atom. The fourth-order valence-corrected chi connectivity index (χ4v) is 2.67. The SMILES string of the molecule is Cc1ccc(NC(=S)NCCSc2ccccc2)cc1. The minimum absolute atomic E-state index is 0.669. The zero-order valence-electron chi connectivity index (χ0n) is 11.4. The van der Waals surface area contributed by atoms with Gasteiger partial charge in [0.2, 0.25) is 0 Å². The van der Waals surface area contributed by atoms with Crippen LogP contribution in [0.25, 0.3) is 0 Å². The summed E-state index contributed by atoms with van der Waals surface area (Å²) in [6.45, 7) is 2.92. The molecule has 0 saturated carbocycles. The Labute approximate surface area is 130 Å². The lowest BCUT2D eigenvalue weighted by Crippen LogP contribution is -2.30. The van der Waals surface area contributed by atoms with Crippen LogP contribution in [0.2, 0.25) is 0 Å². The molecule has 2 aromatic rings. The standard InChI is InChI=1S/C16H18N2S2/c1-13-7-9-14(10-8-13)18-16(19)17-11-12-20-15-5-3-2-4-6-15/h2-10H,11-12H2,1H3,(H2,17,18,19). The second-order valence-corrected chi connectivity index (χ2v) is 5.99. The molecule has 0 atom stereocenters. The second-order valence-electron chi connectivity index (χ2n) is 4.41. The van der Waals surface area contributed by atoms with Crippen LogP contribution in [0.1, 0.15) is 5.56 Å². The van der Waals surface area contributed by atoms with Gasteiger partial charge in [0.25, 0.3) is 0 Å². The zero-order valence-corrected chi connectivity index (χ0v) is 13.1. The monoisotopic (exact) mass is 302 g/mol. The lowest BCUT2D eigenvalue weighted by Gasteiger charge is -2.10. The fourth-order valence-electron chi connectivity index (χ4n) is 1.66. The number of hydrogen-bond donors (Lipinski definition) is 2. The predicted octanol–water partition coefficient (Wildman–Crippen LogP) is 4.07. The van der Waals surface area contributed by atoms with E-state index in [0.29, 0.717) is 5.11 Å². The van der Waals surface area contributed by atoms with Crippen LogP contribution in [0.4, 0.5) is 5.69 Å². The molecule has 0 aliphatic rings. The molecule has 0 spiro atoms. The van der Waals surface area contributed by atoms with Crippen molar-refractivity contribution in [1.82, 2.24) is 5.32 Å². The van der Waals surface area contributed by atoms with E-state index in [0.717, 1.165) is 18.0 Å². The van der Waals surface area contributed by atoms with Crippen molar-refractivity contribution in [3.8, 4) is 0 Å². The maximum atomic E-state index is 5.27. The van der Waals surface area contributed by atoms with E-state index >= 15 is 0 Å². The van der Waals surface area contributed by atoms with Gasteiger partial charge in [-0.15, -0.1) is 11.8 Å². The Morgan fingerprint density at radius 1 is 1.05 bits per heavy atom. The third kappa shape index (κ3) is 5.23. The molecule has 4 heteroatoms. The summed E-state index contributed by atoms with van der Waals surface area (Å²) in [5.74, 6) is 0.986. The Balaban J connectivity index is 1.66. The molecule has 0 aromatic heterocycles. The minimum Gasteiger partial charge on any atom is -0.362 e. The third-order valence-electron chi connectivity index (χ3n) is 2.71. The number of aryl methyl sites for hydroxylation is 1. The van der Waals surface area contributed by atoms with E-state index in [-0.39, 0.29) is 0 Å². The summed E-state index contributed by atoms with van der Waals surface area (Å²) in [5, 5.41) is 7.06. The minimum atomic E-state index is 0.669. The number of nitrogens with one attached hydrogen (secondary N) is 2. The van der Waals surface area contributed by atoms with Crippen molar-refractivity contribution in [2.75, 3.05) is 17.6 Å². The van der Waals surface area contributed by atoms with Gasteiger partial charge < -0.3 is 10.6 Å². The van der Waals surface area contributed by atoms with Crippen molar-refractivity contribution in [2.45, 2.75) is 11.8 Å². The van der Waals surface area contributed by atoms with Crippen LogP contribution in [0, 0.1) is 6.92 Å². The lowest BCUT2D eigenvalue weighted by atomic mass is 10.2. The number of benzene rings is 2. The predicted molar refractivity (Wildman–Crippen MR) is 92.6 cm³/mol. The smallest absolute Gasteiger partial charge is 0.170 e. The van der Waals surface area contributed by atoms with Crippen LogP contribution in [0.15, 0.2) is 59.5 Å². The number of anilines is 1. The molecular weight excluding hydrogens is 284 g/mol. The summed E-state index contributed by atoms with van der Waals surface area (Å²) >= 11 is 7.09. The molecule has 0 unspecified atom stereocenters. The van der Waals surface area contributed by atoms with Gasteiger partial charge in [-0.25, -0.2) is 0 Å². The summed E-state index contributed by atoms with van der Waals surface area (Å²) in [6, 6.07) is 18.6. The average molecular weight is 302 g/mol. The quantitative estimate of drug-likeness (QED) is 0.494. The molecular formula is C16H18N2S2. The highest BCUT2D eigenvalue weighted by atomic mass is 32.2. The molecule has 2 nitrogen and oxygen atoms in total. The number of thioether (sulfide) groups is 1. The van der Waals surface area contributed by atoms with E-state index in [9.17, 15) is 0 Å². The van der Waals surface area contributed by atoms with Crippen LogP contribution >= 0.6 is 24.0 Å². The first-order chi connectivity index (χ1) is 9.74. The van der Waals surface area contributed by atoms with Crippen LogP contribution in [-0.4, -0.2) is 17.4 Å². The molecule has 0 bridgehead atoms. The van der Waals surface area contributed by atoms with Gasteiger partial charge in [-0.1, -0.05) is 35.9 Å². The summed E-state index contributed by atoms with van der Waals surface area (Å²) in [6.07, 6.45) is 0. The van der Waals surface area contributed by atoms with Crippen molar-refractivity contribution in [1.29, 1.82) is 0 Å². The van der Waals surface area contributed by atoms with Gasteiger partial charge in [0.05, 0.1) is 0 Å². The van der Waals surface area contributed by atoms with Gasteiger partial charge in [-0.2, -0.15) is 0 Å². The van der Waals surface area contributed by atoms with Gasteiger partial charge in [-0.3, -0.25) is 0 Å². The Morgan fingerprint density at radius 2 is 1.75 bits per heavy atom. The van der Waals surface area contributed by atoms with Gasteiger partial charge in [0, 0.05) is 22.9 Å². The fraction of sp³-hybridized carbons (Fsp3) is 0.188. The molecule has 104 valence electrons. The summed E-state index contributed by atoms with van der Waals surface area (Å²) in [7, 11) is 0. The van der Waals surface area contributed by atoms with Crippen molar-refractivity contribution < 1.29 is 0 Å². The molecule has 0 amide bonds. The summed E-state index contributed by atoms with van der Waals surface area (Å²) in [5.41, 5.74) is 2.26. The van der Waals surface area contributed by atoms with E-state index < -0.39 is 0 Å². The third-order valence-corrected chi connectivity index (χ3v) is 3.97. The molecule has 20 heavy (non-hydrogen) atoms. The van der Waals surface area contributed by atoms with Crippen molar-refractivity contribution in [3.63, 3.8) is 0 Å². The van der Waals surface area contributed by atoms with E-state index in [4.69, 9.17) is 12.2 Å². The average Bonchev–Trinajstić information content (AvgIpc) is 2.47. The first-order valence-electron chi connectivity index (χ1n) is 6.53. The molecule has 0 heterocycles. The van der Waals surface area contributed by atoms with Crippen molar-refractivity contribution in [2.24, 2.45) is 0 Å². The van der Waals surface area contributed by atoms with E-state index in [1.54, 1.807) is 0 Å². The molecule has 2 rings (SSSR count). The van der Waals surface area contributed by atoms with E-state index in [1.165, 1.54) is 10.5 Å². The zero-order chi connectivity index (χ0) is 14.2. The highest BCUT2D eigenvalue weighted by molar-refractivity contribution is 7.99. The molecule has 2 aromatic carbocycles. The largest absolute Gasteiger partial charge is 0.362 e. The normalized spacial score (nSPS) is 10.1. The van der Waals surface area contributed by atoms with Crippen molar-refractivity contribution >= 4 is 34.8 Å². The van der Waals surface area contributed by atoms with Gasteiger partial charge in [0.1, 0.15) is 0 Å².